The summed E-state index contributed by atoms with van der Waals surface area (Å²) < 4.78 is 0. The van der Waals surface area contributed by atoms with Crippen molar-refractivity contribution in [3.63, 3.8) is 0 Å². The molecule has 1 amide bonds. The summed E-state index contributed by atoms with van der Waals surface area (Å²) in [5, 5.41) is 10.2. The first-order valence-corrected chi connectivity index (χ1v) is 6.92. The third-order valence-electron chi connectivity index (χ3n) is 3.81. The Kier molecular flexibility index (Phi) is 3.58. The van der Waals surface area contributed by atoms with Crippen molar-refractivity contribution in [3.05, 3.63) is 59.4 Å². The van der Waals surface area contributed by atoms with Gasteiger partial charge in [-0.1, -0.05) is 24.3 Å². The molecule has 2 aromatic rings. The monoisotopic (exact) mass is 283 g/mol. The van der Waals surface area contributed by atoms with Gasteiger partial charge in [-0.2, -0.15) is 0 Å². The van der Waals surface area contributed by atoms with Gasteiger partial charge >= 0.3 is 0 Å². The molecule has 1 atom stereocenters. The second-order valence-corrected chi connectivity index (χ2v) is 5.19. The Labute approximate surface area is 123 Å². The van der Waals surface area contributed by atoms with Crippen LogP contribution in [-0.2, 0) is 6.54 Å². The van der Waals surface area contributed by atoms with Crippen LogP contribution in [0.15, 0.2) is 42.6 Å². The number of pyridine rings is 1. The Balaban J connectivity index is 1.94. The van der Waals surface area contributed by atoms with Gasteiger partial charge in [0, 0.05) is 25.0 Å². The second-order valence-electron chi connectivity index (χ2n) is 5.19. The molecule has 0 saturated carbocycles. The van der Waals surface area contributed by atoms with Crippen LogP contribution in [0.2, 0.25) is 0 Å². The van der Waals surface area contributed by atoms with E-state index in [1.807, 2.05) is 30.3 Å². The van der Waals surface area contributed by atoms with Crippen molar-refractivity contribution >= 4 is 11.6 Å². The molecule has 3 N–H and O–H groups in total. The summed E-state index contributed by atoms with van der Waals surface area (Å²) in [6.45, 7) is 1.40. The van der Waals surface area contributed by atoms with E-state index in [9.17, 15) is 9.90 Å². The number of carbonyl (C=O) groups is 1. The number of hydrogen-bond donors (Lipinski definition) is 2. The van der Waals surface area contributed by atoms with Crippen LogP contribution in [0.4, 0.5) is 5.69 Å². The van der Waals surface area contributed by atoms with E-state index in [1.165, 1.54) is 0 Å². The Morgan fingerprint density at radius 1 is 1.33 bits per heavy atom. The van der Waals surface area contributed by atoms with Gasteiger partial charge in [0.05, 0.1) is 6.10 Å². The standard InChI is InChI=1S/C16H17N3O2/c17-16(21)14-9-12(5-7-18-14)19-8-6-15(20)13-4-2-1-3-11(13)10-19/h1-5,7,9,15,20H,6,8,10H2,(H2,17,21). The predicted octanol–water partition coefficient (Wildman–Crippen LogP) is 1.62. The van der Waals surface area contributed by atoms with E-state index in [0.29, 0.717) is 19.5 Å². The van der Waals surface area contributed by atoms with Crippen LogP contribution >= 0.6 is 0 Å². The molecule has 1 aliphatic heterocycles. The third-order valence-corrected chi connectivity index (χ3v) is 3.81. The number of fused-ring (bicyclic) bond motifs is 1. The van der Waals surface area contributed by atoms with Crippen molar-refractivity contribution in [3.8, 4) is 0 Å². The maximum absolute atomic E-state index is 11.3. The largest absolute Gasteiger partial charge is 0.388 e. The Hall–Kier alpha value is -2.40. The highest BCUT2D eigenvalue weighted by molar-refractivity contribution is 5.91. The maximum Gasteiger partial charge on any atom is 0.267 e. The van der Waals surface area contributed by atoms with Crippen LogP contribution < -0.4 is 10.6 Å². The van der Waals surface area contributed by atoms with Crippen LogP contribution in [0, 0.1) is 0 Å². The number of anilines is 1. The fraction of sp³-hybridized carbons (Fsp3) is 0.250. The topological polar surface area (TPSA) is 79.5 Å². The van der Waals surface area contributed by atoms with Crippen molar-refractivity contribution < 1.29 is 9.90 Å². The molecule has 3 rings (SSSR count). The number of benzene rings is 1. The number of nitrogens with two attached hydrogens (primary N) is 1. The van der Waals surface area contributed by atoms with Gasteiger partial charge in [-0.05, 0) is 29.7 Å². The van der Waals surface area contributed by atoms with Crippen molar-refractivity contribution in [1.29, 1.82) is 0 Å². The molecule has 5 nitrogen and oxygen atoms in total. The average Bonchev–Trinajstić information content (AvgIpc) is 2.67. The molecule has 0 aliphatic carbocycles. The minimum atomic E-state index is -0.535. The fourth-order valence-electron chi connectivity index (χ4n) is 2.69. The molecule has 1 unspecified atom stereocenters. The van der Waals surface area contributed by atoms with Gasteiger partial charge < -0.3 is 15.7 Å². The zero-order chi connectivity index (χ0) is 14.8. The number of nitrogens with zero attached hydrogens (tertiary/aromatic N) is 2. The molecule has 0 bridgehead atoms. The van der Waals surface area contributed by atoms with Crippen LogP contribution in [0.25, 0.3) is 0 Å². The quantitative estimate of drug-likeness (QED) is 0.878. The highest BCUT2D eigenvalue weighted by Gasteiger charge is 2.21. The van der Waals surface area contributed by atoms with Gasteiger partial charge in [-0.15, -0.1) is 0 Å². The predicted molar refractivity (Wildman–Crippen MR) is 79.8 cm³/mol. The molecule has 0 saturated heterocycles. The second kappa shape index (κ2) is 5.54. The van der Waals surface area contributed by atoms with Crippen LogP contribution in [0.5, 0.6) is 0 Å². The van der Waals surface area contributed by atoms with Crippen molar-refractivity contribution in [2.24, 2.45) is 5.73 Å². The van der Waals surface area contributed by atoms with Gasteiger partial charge in [0.25, 0.3) is 5.91 Å². The van der Waals surface area contributed by atoms with Gasteiger partial charge in [0.2, 0.25) is 0 Å². The number of primary amides is 1. The minimum Gasteiger partial charge on any atom is -0.388 e. The first-order valence-electron chi connectivity index (χ1n) is 6.92. The molecule has 1 aliphatic rings. The maximum atomic E-state index is 11.3. The van der Waals surface area contributed by atoms with Gasteiger partial charge in [-0.3, -0.25) is 9.78 Å². The Bertz CT molecular complexity index is 672. The normalized spacial score (nSPS) is 18.0. The van der Waals surface area contributed by atoms with Crippen LogP contribution in [-0.4, -0.2) is 22.5 Å². The molecule has 0 radical (unpaired) electrons. The number of amides is 1. The van der Waals surface area contributed by atoms with Gasteiger partial charge in [-0.25, -0.2) is 0 Å². The molecule has 5 heteroatoms. The highest BCUT2D eigenvalue weighted by Crippen LogP contribution is 2.29. The van der Waals surface area contributed by atoms with Crippen molar-refractivity contribution in [2.45, 2.75) is 19.1 Å². The average molecular weight is 283 g/mol. The van der Waals surface area contributed by atoms with E-state index in [4.69, 9.17) is 5.73 Å². The third kappa shape index (κ3) is 2.73. The van der Waals surface area contributed by atoms with E-state index in [2.05, 4.69) is 9.88 Å². The number of aliphatic hydroxyl groups excluding tert-OH is 1. The lowest BCUT2D eigenvalue weighted by atomic mass is 10.0. The van der Waals surface area contributed by atoms with Crippen LogP contribution in [0.3, 0.4) is 0 Å². The summed E-state index contributed by atoms with van der Waals surface area (Å²) in [6.07, 6.45) is 1.78. The fourth-order valence-corrected chi connectivity index (χ4v) is 2.69. The number of aromatic nitrogens is 1. The molecular formula is C16H17N3O2. The van der Waals surface area contributed by atoms with E-state index in [-0.39, 0.29) is 5.69 Å². The molecule has 1 aromatic heterocycles. The molecule has 21 heavy (non-hydrogen) atoms. The SMILES string of the molecule is NC(=O)c1cc(N2CCC(O)c3ccccc3C2)ccn1. The summed E-state index contributed by atoms with van der Waals surface area (Å²) in [7, 11) is 0. The molecule has 0 spiro atoms. The zero-order valence-electron chi connectivity index (χ0n) is 11.6. The Morgan fingerprint density at radius 2 is 2.14 bits per heavy atom. The highest BCUT2D eigenvalue weighted by atomic mass is 16.3. The molecule has 2 heterocycles. The number of hydrogen-bond acceptors (Lipinski definition) is 4. The molecule has 0 fully saturated rings. The van der Waals surface area contributed by atoms with E-state index < -0.39 is 12.0 Å². The lowest BCUT2D eigenvalue weighted by Gasteiger charge is -2.23. The number of rotatable bonds is 2. The summed E-state index contributed by atoms with van der Waals surface area (Å²) in [5.74, 6) is -0.535. The number of carbonyl (C=O) groups excluding carboxylic acids is 1. The van der Waals surface area contributed by atoms with Crippen LogP contribution in [0.1, 0.15) is 34.1 Å². The summed E-state index contributed by atoms with van der Waals surface area (Å²) >= 11 is 0. The molecule has 1 aromatic carbocycles. The van der Waals surface area contributed by atoms with Crippen molar-refractivity contribution in [2.75, 3.05) is 11.4 Å². The summed E-state index contributed by atoms with van der Waals surface area (Å²) in [4.78, 5) is 17.3. The lowest BCUT2D eigenvalue weighted by Crippen LogP contribution is -2.23. The van der Waals surface area contributed by atoms with Gasteiger partial charge in [0.15, 0.2) is 0 Å². The zero-order valence-corrected chi connectivity index (χ0v) is 11.6. The summed E-state index contributed by atoms with van der Waals surface area (Å²) in [6, 6.07) is 11.4. The first kappa shape index (κ1) is 13.6. The van der Waals surface area contributed by atoms with E-state index in [1.54, 1.807) is 12.3 Å². The van der Waals surface area contributed by atoms with E-state index >= 15 is 0 Å². The Morgan fingerprint density at radius 3 is 2.95 bits per heavy atom. The lowest BCUT2D eigenvalue weighted by molar-refractivity contribution is 0.0995. The minimum absolute atomic E-state index is 0.255. The van der Waals surface area contributed by atoms with Gasteiger partial charge in [0.1, 0.15) is 5.69 Å². The first-order chi connectivity index (χ1) is 10.1. The molecular weight excluding hydrogens is 266 g/mol. The van der Waals surface area contributed by atoms with Crippen molar-refractivity contribution in [1.82, 2.24) is 4.98 Å². The smallest absolute Gasteiger partial charge is 0.267 e. The van der Waals surface area contributed by atoms with E-state index in [0.717, 1.165) is 16.8 Å². The molecule has 108 valence electrons. The number of aliphatic hydroxyl groups is 1. The summed E-state index contributed by atoms with van der Waals surface area (Å²) in [5.41, 5.74) is 8.50.